The number of ether oxygens (including phenoxy) is 4. The lowest BCUT2D eigenvalue weighted by molar-refractivity contribution is -0.162. The molecule has 0 aliphatic carbocycles. The van der Waals surface area contributed by atoms with E-state index in [1.807, 2.05) is 39.0 Å². The molecule has 5 heteroatoms. The number of benzene rings is 1. The summed E-state index contributed by atoms with van der Waals surface area (Å²) in [6.07, 6.45) is 1.69. The van der Waals surface area contributed by atoms with E-state index in [1.165, 1.54) is 0 Å². The molecular formula is C23H38O5. The molecule has 0 radical (unpaired) electrons. The van der Waals surface area contributed by atoms with Crippen molar-refractivity contribution in [3.8, 4) is 0 Å². The molecule has 1 heterocycles. The molecule has 0 aromatic heterocycles. The summed E-state index contributed by atoms with van der Waals surface area (Å²) in [6, 6.07) is 10.2. The molecule has 5 nitrogen and oxygen atoms in total. The number of hydrogen-bond acceptors (Lipinski definition) is 5. The van der Waals surface area contributed by atoms with Gasteiger partial charge in [-0.2, -0.15) is 0 Å². The highest BCUT2D eigenvalue weighted by Crippen LogP contribution is 2.36. The van der Waals surface area contributed by atoms with Crippen molar-refractivity contribution in [1.82, 2.24) is 0 Å². The Labute approximate surface area is 170 Å². The lowest BCUT2D eigenvalue weighted by Crippen LogP contribution is -2.30. The minimum Gasteiger partial charge on any atom is -0.396 e. The van der Waals surface area contributed by atoms with Crippen LogP contribution >= 0.6 is 0 Å². The van der Waals surface area contributed by atoms with E-state index in [0.717, 1.165) is 18.4 Å². The van der Waals surface area contributed by atoms with E-state index in [9.17, 15) is 5.11 Å². The van der Waals surface area contributed by atoms with Crippen molar-refractivity contribution in [2.24, 2.45) is 10.8 Å². The average molecular weight is 395 g/mol. The Bertz CT molecular complexity index is 572. The maximum Gasteiger partial charge on any atom is 0.166 e. The van der Waals surface area contributed by atoms with Crippen LogP contribution in [0.15, 0.2) is 30.3 Å². The second kappa shape index (κ2) is 10.2. The smallest absolute Gasteiger partial charge is 0.166 e. The lowest BCUT2D eigenvalue weighted by Gasteiger charge is -2.28. The molecule has 1 fully saturated rings. The van der Waals surface area contributed by atoms with Crippen LogP contribution in [0, 0.1) is 10.8 Å². The van der Waals surface area contributed by atoms with Crippen LogP contribution in [0.2, 0.25) is 0 Å². The molecule has 1 N–H and O–H groups in total. The first kappa shape index (κ1) is 23.3. The largest absolute Gasteiger partial charge is 0.396 e. The van der Waals surface area contributed by atoms with Crippen LogP contribution in [0.1, 0.15) is 59.1 Å². The van der Waals surface area contributed by atoms with Crippen molar-refractivity contribution < 1.29 is 24.1 Å². The zero-order chi connectivity index (χ0) is 20.7. The Kier molecular flexibility index (Phi) is 8.46. The fourth-order valence-electron chi connectivity index (χ4n) is 3.12. The SMILES string of the molecule is CC(C)(CO)COCC(C)(C)COCCCC1(C)OCC(c2ccccc2)O1. The van der Waals surface area contributed by atoms with Gasteiger partial charge in [-0.1, -0.05) is 58.0 Å². The standard InChI is InChI=1S/C23H38O5/c1-21(2,15-24)16-26-18-22(3,4)17-25-13-9-12-23(5)27-14-20(28-23)19-10-7-6-8-11-19/h6-8,10-11,20,24H,9,12-18H2,1-5H3. The van der Waals surface area contributed by atoms with Gasteiger partial charge in [-0.05, 0) is 18.9 Å². The molecular weight excluding hydrogens is 356 g/mol. The molecule has 1 aromatic carbocycles. The first-order valence-electron chi connectivity index (χ1n) is 10.3. The number of hydrogen-bond donors (Lipinski definition) is 1. The Morgan fingerprint density at radius 2 is 1.68 bits per heavy atom. The van der Waals surface area contributed by atoms with E-state index in [-0.39, 0.29) is 23.5 Å². The summed E-state index contributed by atoms with van der Waals surface area (Å²) in [5, 5.41) is 9.29. The monoisotopic (exact) mass is 394 g/mol. The Hall–Kier alpha value is -0.980. The van der Waals surface area contributed by atoms with Crippen molar-refractivity contribution in [2.45, 2.75) is 59.4 Å². The van der Waals surface area contributed by atoms with Gasteiger partial charge in [-0.15, -0.1) is 0 Å². The van der Waals surface area contributed by atoms with Gasteiger partial charge in [-0.3, -0.25) is 0 Å². The molecule has 1 aliphatic heterocycles. The normalized spacial score (nSPS) is 23.3. The number of rotatable bonds is 12. The fraction of sp³-hybridized carbons (Fsp3) is 0.739. The molecule has 2 atom stereocenters. The maximum absolute atomic E-state index is 9.29. The quantitative estimate of drug-likeness (QED) is 0.534. The first-order chi connectivity index (χ1) is 13.1. The van der Waals surface area contributed by atoms with E-state index in [1.54, 1.807) is 0 Å². The van der Waals surface area contributed by atoms with Gasteiger partial charge in [0.15, 0.2) is 5.79 Å². The maximum atomic E-state index is 9.29. The van der Waals surface area contributed by atoms with Crippen LogP contribution in [-0.4, -0.2) is 50.5 Å². The predicted molar refractivity (Wildman–Crippen MR) is 110 cm³/mol. The van der Waals surface area contributed by atoms with Gasteiger partial charge >= 0.3 is 0 Å². The summed E-state index contributed by atoms with van der Waals surface area (Å²) in [5.41, 5.74) is 0.896. The summed E-state index contributed by atoms with van der Waals surface area (Å²) in [4.78, 5) is 0. The highest BCUT2D eigenvalue weighted by atomic mass is 16.7. The Morgan fingerprint density at radius 3 is 2.36 bits per heavy atom. The van der Waals surface area contributed by atoms with E-state index < -0.39 is 5.79 Å². The first-order valence-corrected chi connectivity index (χ1v) is 10.3. The van der Waals surface area contributed by atoms with Gasteiger partial charge in [0.05, 0.1) is 33.0 Å². The van der Waals surface area contributed by atoms with Gasteiger partial charge in [0, 0.05) is 23.9 Å². The zero-order valence-electron chi connectivity index (χ0n) is 18.2. The van der Waals surface area contributed by atoms with Gasteiger partial charge < -0.3 is 24.1 Å². The van der Waals surface area contributed by atoms with Crippen LogP contribution < -0.4 is 0 Å². The second-order valence-electron chi connectivity index (χ2n) is 9.60. The molecule has 160 valence electrons. The van der Waals surface area contributed by atoms with E-state index in [2.05, 4.69) is 26.0 Å². The highest BCUT2D eigenvalue weighted by Gasteiger charge is 2.37. The van der Waals surface area contributed by atoms with Crippen molar-refractivity contribution in [2.75, 3.05) is 39.6 Å². The van der Waals surface area contributed by atoms with E-state index in [0.29, 0.717) is 33.0 Å². The molecule has 0 amide bonds. The van der Waals surface area contributed by atoms with Crippen molar-refractivity contribution in [3.63, 3.8) is 0 Å². The van der Waals surface area contributed by atoms with Crippen molar-refractivity contribution >= 4 is 0 Å². The fourth-order valence-corrected chi connectivity index (χ4v) is 3.12. The van der Waals surface area contributed by atoms with E-state index >= 15 is 0 Å². The molecule has 28 heavy (non-hydrogen) atoms. The Morgan fingerprint density at radius 1 is 1.04 bits per heavy atom. The van der Waals surface area contributed by atoms with Crippen molar-refractivity contribution in [1.29, 1.82) is 0 Å². The minimum absolute atomic E-state index is 0.00590. The minimum atomic E-state index is -0.543. The second-order valence-corrected chi connectivity index (χ2v) is 9.60. The summed E-state index contributed by atoms with van der Waals surface area (Å²) >= 11 is 0. The van der Waals surface area contributed by atoms with Gasteiger partial charge in [0.25, 0.3) is 0 Å². The van der Waals surface area contributed by atoms with Crippen LogP contribution in [0.5, 0.6) is 0 Å². The summed E-state index contributed by atoms with van der Waals surface area (Å²) in [7, 11) is 0. The van der Waals surface area contributed by atoms with Gasteiger partial charge in [0.2, 0.25) is 0 Å². The van der Waals surface area contributed by atoms with Crippen LogP contribution in [0.3, 0.4) is 0 Å². The molecule has 1 saturated heterocycles. The number of aliphatic hydroxyl groups excluding tert-OH is 1. The third-order valence-corrected chi connectivity index (χ3v) is 4.93. The molecule has 2 rings (SSSR count). The Balaban J connectivity index is 1.62. The molecule has 2 unspecified atom stereocenters. The molecule has 1 aliphatic rings. The number of aliphatic hydroxyl groups is 1. The predicted octanol–water partition coefficient (Wildman–Crippen LogP) is 4.35. The van der Waals surface area contributed by atoms with Crippen molar-refractivity contribution in [3.05, 3.63) is 35.9 Å². The molecule has 0 saturated carbocycles. The van der Waals surface area contributed by atoms with Crippen LogP contribution in [0.4, 0.5) is 0 Å². The third kappa shape index (κ3) is 7.80. The topological polar surface area (TPSA) is 57.2 Å². The molecule has 0 spiro atoms. The highest BCUT2D eigenvalue weighted by molar-refractivity contribution is 5.18. The summed E-state index contributed by atoms with van der Waals surface area (Å²) in [6.45, 7) is 13.4. The van der Waals surface area contributed by atoms with Gasteiger partial charge in [-0.25, -0.2) is 0 Å². The molecule has 1 aromatic rings. The van der Waals surface area contributed by atoms with Crippen LogP contribution in [-0.2, 0) is 18.9 Å². The zero-order valence-corrected chi connectivity index (χ0v) is 18.2. The van der Waals surface area contributed by atoms with E-state index in [4.69, 9.17) is 18.9 Å². The lowest BCUT2D eigenvalue weighted by atomic mass is 9.94. The van der Waals surface area contributed by atoms with Crippen LogP contribution in [0.25, 0.3) is 0 Å². The molecule has 0 bridgehead atoms. The summed E-state index contributed by atoms with van der Waals surface area (Å²) in [5.74, 6) is -0.543. The summed E-state index contributed by atoms with van der Waals surface area (Å²) < 4.78 is 23.8. The average Bonchev–Trinajstić information content (AvgIpc) is 3.04. The third-order valence-electron chi connectivity index (χ3n) is 4.93. The van der Waals surface area contributed by atoms with Gasteiger partial charge in [0.1, 0.15) is 6.10 Å².